The van der Waals surface area contributed by atoms with Crippen LogP contribution >= 0.6 is 0 Å². The zero-order valence-corrected chi connectivity index (χ0v) is 7.46. The van der Waals surface area contributed by atoms with E-state index >= 15 is 0 Å². The first-order valence-electron chi connectivity index (χ1n) is 4.22. The largest absolute Gasteiger partial charge is 0.507 e. The third-order valence-corrected chi connectivity index (χ3v) is 2.25. The lowest BCUT2D eigenvalue weighted by atomic mass is 10.1. The summed E-state index contributed by atoms with van der Waals surface area (Å²) in [6.07, 6.45) is 0. The first-order valence-corrected chi connectivity index (χ1v) is 4.22. The number of nitrogens with two attached hydrogens (primary N) is 1. The highest BCUT2D eigenvalue weighted by atomic mass is 16.3. The molecule has 0 aliphatic rings. The molecule has 2 aromatic rings. The first-order chi connectivity index (χ1) is 6.22. The maximum Gasteiger partial charge on any atom is 0.124 e. The van der Waals surface area contributed by atoms with Gasteiger partial charge in [0.05, 0.1) is 5.52 Å². The molecule has 0 bridgehead atoms. The van der Waals surface area contributed by atoms with Crippen LogP contribution in [-0.4, -0.2) is 10.1 Å². The van der Waals surface area contributed by atoms with Crippen LogP contribution in [0.3, 0.4) is 0 Å². The number of aryl methyl sites for hydroxylation is 1. The number of benzene rings is 1. The molecule has 0 saturated heterocycles. The summed E-state index contributed by atoms with van der Waals surface area (Å²) in [5.41, 5.74) is 8.54. The van der Waals surface area contributed by atoms with Gasteiger partial charge in [-0.05, 0) is 24.6 Å². The highest BCUT2D eigenvalue weighted by Crippen LogP contribution is 2.27. The van der Waals surface area contributed by atoms with Crippen molar-refractivity contribution in [1.29, 1.82) is 0 Å². The smallest absolute Gasteiger partial charge is 0.124 e. The predicted molar refractivity (Wildman–Crippen MR) is 52.6 cm³/mol. The molecular weight excluding hydrogens is 164 g/mol. The van der Waals surface area contributed by atoms with Gasteiger partial charge in [-0.25, -0.2) is 0 Å². The Hall–Kier alpha value is -1.48. The van der Waals surface area contributed by atoms with E-state index in [0.717, 1.165) is 22.2 Å². The molecule has 3 nitrogen and oxygen atoms in total. The highest BCUT2D eigenvalue weighted by molar-refractivity contribution is 5.88. The van der Waals surface area contributed by atoms with Gasteiger partial charge >= 0.3 is 0 Å². The van der Waals surface area contributed by atoms with Gasteiger partial charge < -0.3 is 15.8 Å². The van der Waals surface area contributed by atoms with E-state index in [1.165, 1.54) is 0 Å². The molecule has 0 amide bonds. The van der Waals surface area contributed by atoms with Gasteiger partial charge in [0, 0.05) is 17.6 Å². The van der Waals surface area contributed by atoms with Crippen LogP contribution < -0.4 is 5.73 Å². The van der Waals surface area contributed by atoms with Crippen molar-refractivity contribution in [3.05, 3.63) is 29.5 Å². The number of aromatic hydroxyl groups is 1. The maximum absolute atomic E-state index is 9.54. The summed E-state index contributed by atoms with van der Waals surface area (Å²) in [6, 6.07) is 5.47. The molecule has 0 saturated carbocycles. The van der Waals surface area contributed by atoms with E-state index in [2.05, 4.69) is 4.98 Å². The Balaban J connectivity index is 2.80. The second-order valence-corrected chi connectivity index (χ2v) is 3.19. The molecule has 0 atom stereocenters. The number of aromatic amines is 1. The second kappa shape index (κ2) is 2.78. The van der Waals surface area contributed by atoms with Crippen molar-refractivity contribution in [2.45, 2.75) is 13.5 Å². The van der Waals surface area contributed by atoms with Gasteiger partial charge in [-0.1, -0.05) is 6.07 Å². The van der Waals surface area contributed by atoms with Crippen molar-refractivity contribution in [3.8, 4) is 5.75 Å². The highest BCUT2D eigenvalue weighted by Gasteiger charge is 2.05. The molecule has 0 aliphatic carbocycles. The Morgan fingerprint density at radius 2 is 2.23 bits per heavy atom. The number of rotatable bonds is 1. The fourth-order valence-electron chi connectivity index (χ4n) is 1.51. The Morgan fingerprint density at radius 1 is 1.46 bits per heavy atom. The minimum Gasteiger partial charge on any atom is -0.507 e. The third kappa shape index (κ3) is 1.17. The normalized spacial score (nSPS) is 10.9. The molecule has 3 heteroatoms. The van der Waals surface area contributed by atoms with Crippen LogP contribution in [0.2, 0.25) is 0 Å². The van der Waals surface area contributed by atoms with Crippen LogP contribution in [-0.2, 0) is 6.54 Å². The number of H-pyrrole nitrogens is 1. The predicted octanol–water partition coefficient (Wildman–Crippen LogP) is 1.64. The second-order valence-electron chi connectivity index (χ2n) is 3.19. The number of phenolic OH excluding ortho intramolecular Hbond substituents is 1. The van der Waals surface area contributed by atoms with Gasteiger partial charge in [0.2, 0.25) is 0 Å². The molecule has 1 aromatic heterocycles. The first kappa shape index (κ1) is 8.13. The minimum absolute atomic E-state index is 0.302. The van der Waals surface area contributed by atoms with Crippen molar-refractivity contribution in [3.63, 3.8) is 0 Å². The van der Waals surface area contributed by atoms with Crippen molar-refractivity contribution in [2.24, 2.45) is 5.73 Å². The summed E-state index contributed by atoms with van der Waals surface area (Å²) in [6.45, 7) is 2.46. The number of phenols is 1. The Morgan fingerprint density at radius 3 is 2.85 bits per heavy atom. The molecule has 0 fully saturated rings. The standard InChI is InChI=1S/C10H12N2O/c1-6-2-3-9(13)8-4-7(5-11)12-10(6)8/h2-4,12-13H,5,11H2,1H3. The Labute approximate surface area is 76.2 Å². The molecule has 0 aliphatic heterocycles. The summed E-state index contributed by atoms with van der Waals surface area (Å²) in [5, 5.41) is 10.4. The molecule has 1 aromatic carbocycles. The molecule has 0 radical (unpaired) electrons. The van der Waals surface area contributed by atoms with Gasteiger partial charge in [-0.15, -0.1) is 0 Å². The van der Waals surface area contributed by atoms with E-state index < -0.39 is 0 Å². The van der Waals surface area contributed by atoms with E-state index in [0.29, 0.717) is 12.3 Å². The lowest BCUT2D eigenvalue weighted by Gasteiger charge is -1.97. The molecule has 13 heavy (non-hydrogen) atoms. The Kier molecular flexibility index (Phi) is 1.74. The van der Waals surface area contributed by atoms with Gasteiger partial charge in [0.15, 0.2) is 0 Å². The number of aromatic nitrogens is 1. The maximum atomic E-state index is 9.54. The van der Waals surface area contributed by atoms with Crippen molar-refractivity contribution in [2.75, 3.05) is 0 Å². The summed E-state index contributed by atoms with van der Waals surface area (Å²) in [7, 11) is 0. The van der Waals surface area contributed by atoms with Gasteiger partial charge in [-0.2, -0.15) is 0 Å². The Bertz CT molecular complexity index is 406. The van der Waals surface area contributed by atoms with Crippen molar-refractivity contribution in [1.82, 2.24) is 4.98 Å². The lowest BCUT2D eigenvalue weighted by molar-refractivity contribution is 0.481. The molecule has 1 heterocycles. The van der Waals surface area contributed by atoms with E-state index in [1.54, 1.807) is 6.07 Å². The zero-order valence-electron chi connectivity index (χ0n) is 7.46. The number of fused-ring (bicyclic) bond motifs is 1. The van der Waals surface area contributed by atoms with Crippen LogP contribution in [0.25, 0.3) is 10.9 Å². The van der Waals surface area contributed by atoms with E-state index in [-0.39, 0.29) is 0 Å². The van der Waals surface area contributed by atoms with Crippen molar-refractivity contribution >= 4 is 10.9 Å². The van der Waals surface area contributed by atoms with Crippen LogP contribution in [0.15, 0.2) is 18.2 Å². The van der Waals surface area contributed by atoms with Gasteiger partial charge in [0.25, 0.3) is 0 Å². The van der Waals surface area contributed by atoms with Crippen LogP contribution in [0.4, 0.5) is 0 Å². The fourth-order valence-corrected chi connectivity index (χ4v) is 1.51. The zero-order chi connectivity index (χ0) is 9.42. The van der Waals surface area contributed by atoms with Crippen LogP contribution in [0.1, 0.15) is 11.3 Å². The minimum atomic E-state index is 0.302. The lowest BCUT2D eigenvalue weighted by Crippen LogP contribution is -1.95. The molecule has 2 rings (SSSR count). The molecule has 68 valence electrons. The summed E-state index contributed by atoms with van der Waals surface area (Å²) >= 11 is 0. The summed E-state index contributed by atoms with van der Waals surface area (Å²) in [4.78, 5) is 3.17. The van der Waals surface area contributed by atoms with Crippen molar-refractivity contribution < 1.29 is 5.11 Å². The SMILES string of the molecule is Cc1ccc(O)c2cc(CN)[nH]c12. The monoisotopic (exact) mass is 176 g/mol. The average molecular weight is 176 g/mol. The number of nitrogens with one attached hydrogen (secondary N) is 1. The van der Waals surface area contributed by atoms with Crippen LogP contribution in [0, 0.1) is 6.92 Å². The molecular formula is C10H12N2O. The van der Waals surface area contributed by atoms with Gasteiger partial charge in [-0.3, -0.25) is 0 Å². The van der Waals surface area contributed by atoms with Crippen LogP contribution in [0.5, 0.6) is 5.75 Å². The van der Waals surface area contributed by atoms with Gasteiger partial charge in [0.1, 0.15) is 5.75 Å². The average Bonchev–Trinajstić information content (AvgIpc) is 2.56. The molecule has 4 N–H and O–H groups in total. The number of hydrogen-bond acceptors (Lipinski definition) is 2. The third-order valence-electron chi connectivity index (χ3n) is 2.25. The fraction of sp³-hybridized carbons (Fsp3) is 0.200. The number of hydrogen-bond donors (Lipinski definition) is 3. The molecule has 0 spiro atoms. The summed E-state index contributed by atoms with van der Waals surface area (Å²) < 4.78 is 0. The quantitative estimate of drug-likeness (QED) is 0.618. The molecule has 0 unspecified atom stereocenters. The summed E-state index contributed by atoms with van der Waals surface area (Å²) in [5.74, 6) is 0.302. The van der Waals surface area contributed by atoms with E-state index in [4.69, 9.17) is 5.73 Å². The van der Waals surface area contributed by atoms with E-state index in [9.17, 15) is 5.11 Å². The topological polar surface area (TPSA) is 62.0 Å². The van der Waals surface area contributed by atoms with E-state index in [1.807, 2.05) is 19.1 Å².